The molecule has 1 unspecified atom stereocenters. The molecule has 4 rings (SSSR count). The van der Waals surface area contributed by atoms with Crippen molar-refractivity contribution < 1.29 is 8.42 Å². The van der Waals surface area contributed by atoms with E-state index in [-0.39, 0.29) is 10.8 Å². The minimum Gasteiger partial charge on any atom is -0.265 e. The molecule has 0 saturated carbocycles. The summed E-state index contributed by atoms with van der Waals surface area (Å²) in [6.45, 7) is 4.35. The molecule has 1 aliphatic heterocycles. The van der Waals surface area contributed by atoms with E-state index < -0.39 is 10.0 Å². The van der Waals surface area contributed by atoms with Crippen LogP contribution >= 0.6 is 0 Å². The number of anilines is 1. The number of hydrogen-bond acceptors (Lipinski definition) is 4. The average molecular weight is 342 g/mol. The summed E-state index contributed by atoms with van der Waals surface area (Å²) >= 11 is 0. The Labute approximate surface area is 140 Å². The summed E-state index contributed by atoms with van der Waals surface area (Å²) in [5, 5.41) is 5.07. The molecule has 2 aromatic heterocycles. The second-order valence-electron chi connectivity index (χ2n) is 6.25. The summed E-state index contributed by atoms with van der Waals surface area (Å²) in [5.41, 5.74) is 3.27. The molecule has 3 aromatic rings. The quantitative estimate of drug-likeness (QED) is 0.718. The van der Waals surface area contributed by atoms with Gasteiger partial charge in [-0.25, -0.2) is 13.4 Å². The highest BCUT2D eigenvalue weighted by atomic mass is 32.2. The molecule has 0 saturated heterocycles. The zero-order chi connectivity index (χ0) is 17.1. The zero-order valence-electron chi connectivity index (χ0n) is 13.8. The third kappa shape index (κ3) is 2.04. The first-order valence-electron chi connectivity index (χ1n) is 7.80. The summed E-state index contributed by atoms with van der Waals surface area (Å²) in [5.74, 6) is 0.174. The Morgan fingerprint density at radius 2 is 2.00 bits per heavy atom. The number of aryl methyl sites for hydroxylation is 2. The molecule has 1 aromatic carbocycles. The summed E-state index contributed by atoms with van der Waals surface area (Å²) in [7, 11) is -1.85. The molecule has 1 aliphatic rings. The molecule has 6 nitrogen and oxygen atoms in total. The number of sulfonamides is 1. The van der Waals surface area contributed by atoms with Crippen molar-refractivity contribution in [2.45, 2.75) is 24.7 Å². The number of aromatic nitrogens is 3. The fraction of sp³-hybridized carbons (Fsp3) is 0.294. The molecule has 0 aliphatic carbocycles. The van der Waals surface area contributed by atoms with E-state index in [1.807, 2.05) is 38.1 Å². The van der Waals surface area contributed by atoms with Crippen LogP contribution in [0.1, 0.15) is 24.1 Å². The molecule has 24 heavy (non-hydrogen) atoms. The molecule has 0 amide bonds. The third-order valence-corrected chi connectivity index (χ3v) is 6.35. The van der Waals surface area contributed by atoms with Gasteiger partial charge in [0.05, 0.1) is 11.4 Å². The van der Waals surface area contributed by atoms with Crippen LogP contribution < -0.4 is 4.31 Å². The number of para-hydroxylation sites is 1. The van der Waals surface area contributed by atoms with Crippen molar-refractivity contribution in [1.29, 1.82) is 0 Å². The molecule has 0 fully saturated rings. The number of benzene rings is 1. The van der Waals surface area contributed by atoms with Crippen molar-refractivity contribution in [2.24, 2.45) is 7.05 Å². The highest BCUT2D eigenvalue weighted by Crippen LogP contribution is 2.39. The Balaban J connectivity index is 1.86. The van der Waals surface area contributed by atoms with Gasteiger partial charge in [-0.2, -0.15) is 5.10 Å². The Bertz CT molecular complexity index is 1060. The second kappa shape index (κ2) is 5.04. The van der Waals surface area contributed by atoms with E-state index in [0.29, 0.717) is 12.2 Å². The van der Waals surface area contributed by atoms with Gasteiger partial charge in [0.1, 0.15) is 4.90 Å². The maximum absolute atomic E-state index is 13.2. The van der Waals surface area contributed by atoms with Crippen molar-refractivity contribution in [3.8, 4) is 0 Å². The Hall–Kier alpha value is -2.41. The number of pyridine rings is 1. The fourth-order valence-electron chi connectivity index (χ4n) is 3.36. The Morgan fingerprint density at radius 3 is 2.79 bits per heavy atom. The maximum atomic E-state index is 13.2. The van der Waals surface area contributed by atoms with Gasteiger partial charge in [-0.15, -0.1) is 0 Å². The van der Waals surface area contributed by atoms with E-state index in [1.54, 1.807) is 17.8 Å². The van der Waals surface area contributed by atoms with Crippen LogP contribution in [0.4, 0.5) is 5.69 Å². The molecule has 0 bridgehead atoms. The van der Waals surface area contributed by atoms with Crippen LogP contribution in [0.2, 0.25) is 0 Å². The van der Waals surface area contributed by atoms with Gasteiger partial charge >= 0.3 is 0 Å². The average Bonchev–Trinajstić information content (AvgIpc) is 3.06. The van der Waals surface area contributed by atoms with Crippen molar-refractivity contribution in [2.75, 3.05) is 10.8 Å². The minimum atomic E-state index is -3.65. The predicted octanol–water partition coefficient (Wildman–Crippen LogP) is 2.59. The lowest BCUT2D eigenvalue weighted by Crippen LogP contribution is -2.29. The van der Waals surface area contributed by atoms with Crippen LogP contribution in [-0.2, 0) is 17.1 Å². The van der Waals surface area contributed by atoms with Gasteiger partial charge in [0.2, 0.25) is 0 Å². The number of fused-ring (bicyclic) bond motifs is 2. The van der Waals surface area contributed by atoms with Gasteiger partial charge in [-0.05, 0) is 24.6 Å². The van der Waals surface area contributed by atoms with Crippen LogP contribution in [0.5, 0.6) is 0 Å². The van der Waals surface area contributed by atoms with Crippen LogP contribution in [0.25, 0.3) is 11.0 Å². The highest BCUT2D eigenvalue weighted by Gasteiger charge is 2.34. The van der Waals surface area contributed by atoms with Crippen molar-refractivity contribution in [3.63, 3.8) is 0 Å². The molecular formula is C17H18N4O2S. The van der Waals surface area contributed by atoms with E-state index in [0.717, 1.165) is 22.3 Å². The number of rotatable bonds is 2. The first-order valence-corrected chi connectivity index (χ1v) is 9.24. The van der Waals surface area contributed by atoms with Crippen LogP contribution in [0.15, 0.2) is 41.4 Å². The summed E-state index contributed by atoms with van der Waals surface area (Å²) in [4.78, 5) is 4.51. The van der Waals surface area contributed by atoms with Gasteiger partial charge in [0.15, 0.2) is 5.65 Å². The monoisotopic (exact) mass is 342 g/mol. The van der Waals surface area contributed by atoms with Crippen LogP contribution in [0.3, 0.4) is 0 Å². The molecule has 124 valence electrons. The molecular weight excluding hydrogens is 324 g/mol. The zero-order valence-corrected chi connectivity index (χ0v) is 14.6. The van der Waals surface area contributed by atoms with Crippen LogP contribution in [-0.4, -0.2) is 29.7 Å². The lowest BCUT2D eigenvalue weighted by atomic mass is 10.0. The Morgan fingerprint density at radius 1 is 1.25 bits per heavy atom. The molecule has 0 spiro atoms. The largest absolute Gasteiger partial charge is 0.265 e. The van der Waals surface area contributed by atoms with E-state index in [9.17, 15) is 8.42 Å². The lowest BCUT2D eigenvalue weighted by molar-refractivity contribution is 0.590. The Kier molecular flexibility index (Phi) is 3.18. The maximum Gasteiger partial charge on any atom is 0.265 e. The van der Waals surface area contributed by atoms with E-state index in [1.165, 1.54) is 10.5 Å². The second-order valence-corrected chi connectivity index (χ2v) is 8.11. The van der Waals surface area contributed by atoms with E-state index in [2.05, 4.69) is 10.1 Å². The lowest BCUT2D eigenvalue weighted by Gasteiger charge is -2.19. The first-order chi connectivity index (χ1) is 11.4. The smallest absolute Gasteiger partial charge is 0.265 e. The topological polar surface area (TPSA) is 68.1 Å². The molecule has 0 radical (unpaired) electrons. The van der Waals surface area contributed by atoms with Crippen LogP contribution in [0, 0.1) is 6.92 Å². The van der Waals surface area contributed by atoms with Crippen molar-refractivity contribution >= 4 is 26.7 Å². The standard InChI is InChI=1S/C17H18N4O2S/c1-11-10-21(16-7-5-4-6-14(11)16)24(22,23)13-8-15-12(2)19-20(3)17(15)18-9-13/h4-9,11H,10H2,1-3H3. The molecule has 3 heterocycles. The van der Waals surface area contributed by atoms with Crippen molar-refractivity contribution in [1.82, 2.24) is 14.8 Å². The van der Waals surface area contributed by atoms with E-state index >= 15 is 0 Å². The van der Waals surface area contributed by atoms with Gasteiger partial charge in [0, 0.05) is 31.1 Å². The predicted molar refractivity (Wildman–Crippen MR) is 92.6 cm³/mol. The van der Waals surface area contributed by atoms with Gasteiger partial charge < -0.3 is 0 Å². The first kappa shape index (κ1) is 15.1. The summed E-state index contributed by atoms with van der Waals surface area (Å²) in [6, 6.07) is 9.33. The minimum absolute atomic E-state index is 0.174. The SMILES string of the molecule is Cc1nn(C)c2ncc(S(=O)(=O)N3CC(C)c4ccccc43)cc12. The normalized spacial score (nSPS) is 17.5. The molecule has 7 heteroatoms. The summed E-state index contributed by atoms with van der Waals surface area (Å²) < 4.78 is 29.5. The van der Waals surface area contributed by atoms with Gasteiger partial charge in [0.25, 0.3) is 10.0 Å². The number of nitrogens with zero attached hydrogens (tertiary/aromatic N) is 4. The number of hydrogen-bond donors (Lipinski definition) is 0. The fourth-order valence-corrected chi connectivity index (χ4v) is 4.91. The van der Waals surface area contributed by atoms with Gasteiger partial charge in [-0.1, -0.05) is 25.1 Å². The highest BCUT2D eigenvalue weighted by molar-refractivity contribution is 7.92. The van der Waals surface area contributed by atoms with Crippen molar-refractivity contribution in [3.05, 3.63) is 47.8 Å². The molecule has 0 N–H and O–H groups in total. The van der Waals surface area contributed by atoms with Gasteiger partial charge in [-0.3, -0.25) is 8.99 Å². The third-order valence-electron chi connectivity index (χ3n) is 4.60. The summed E-state index contributed by atoms with van der Waals surface area (Å²) in [6.07, 6.45) is 1.42. The molecule has 1 atom stereocenters. The van der Waals surface area contributed by atoms with E-state index in [4.69, 9.17) is 0 Å².